The van der Waals surface area contributed by atoms with Crippen molar-refractivity contribution in [3.63, 3.8) is 0 Å². The molecular weight excluding hydrogens is 254 g/mol. The lowest BCUT2D eigenvalue weighted by atomic mass is 10.1. The Morgan fingerprint density at radius 2 is 2.11 bits per heavy atom. The summed E-state index contributed by atoms with van der Waals surface area (Å²) in [6, 6.07) is 11.9. The first-order chi connectivity index (χ1) is 9.18. The van der Waals surface area contributed by atoms with Crippen molar-refractivity contribution in [2.45, 2.75) is 13.3 Å². The number of hydrogen-bond acceptors (Lipinski definition) is 3. The first kappa shape index (κ1) is 13.5. The molecule has 0 saturated carbocycles. The molecule has 0 radical (unpaired) electrons. The number of pyridine rings is 1. The Morgan fingerprint density at radius 3 is 2.79 bits per heavy atom. The first-order valence-electron chi connectivity index (χ1n) is 6.21. The number of para-hydroxylation sites is 1. The Morgan fingerprint density at radius 1 is 1.26 bits per heavy atom. The van der Waals surface area contributed by atoms with Crippen molar-refractivity contribution in [3.8, 4) is 0 Å². The van der Waals surface area contributed by atoms with Gasteiger partial charge in [0.05, 0.1) is 0 Å². The van der Waals surface area contributed by atoms with Gasteiger partial charge in [-0.05, 0) is 30.7 Å². The number of nitrogens with one attached hydrogen (secondary N) is 1. The highest BCUT2D eigenvalue weighted by atomic mass is 32.1. The molecule has 0 spiro atoms. The van der Waals surface area contributed by atoms with Gasteiger partial charge in [-0.15, -0.1) is 0 Å². The molecule has 4 heteroatoms. The van der Waals surface area contributed by atoms with Gasteiger partial charge in [-0.25, -0.2) is 0 Å². The number of thiocarbonyl (C=S) groups is 1. The van der Waals surface area contributed by atoms with Crippen LogP contribution >= 0.6 is 12.2 Å². The number of nitrogens with two attached hydrogens (primary N) is 1. The average molecular weight is 271 g/mol. The van der Waals surface area contributed by atoms with Gasteiger partial charge >= 0.3 is 0 Å². The summed E-state index contributed by atoms with van der Waals surface area (Å²) in [5, 5.41) is 3.40. The summed E-state index contributed by atoms with van der Waals surface area (Å²) in [6.45, 7) is 2.85. The topological polar surface area (TPSA) is 50.9 Å². The molecule has 0 saturated heterocycles. The fraction of sp³-hybridized carbons (Fsp3) is 0.200. The molecule has 2 rings (SSSR count). The minimum Gasteiger partial charge on any atom is -0.389 e. The summed E-state index contributed by atoms with van der Waals surface area (Å²) in [7, 11) is 0. The SMILES string of the molecule is Cc1cccc(C(N)=S)c1NCCc1ccccn1. The van der Waals surface area contributed by atoms with Gasteiger partial charge in [0.2, 0.25) is 0 Å². The van der Waals surface area contributed by atoms with Crippen LogP contribution in [0.5, 0.6) is 0 Å². The third-order valence-electron chi connectivity index (χ3n) is 2.95. The van der Waals surface area contributed by atoms with Crippen LogP contribution in [0.25, 0.3) is 0 Å². The molecule has 0 aliphatic rings. The molecular formula is C15H17N3S. The molecule has 2 aromatic rings. The van der Waals surface area contributed by atoms with Crippen LogP contribution in [0, 0.1) is 6.92 Å². The van der Waals surface area contributed by atoms with Crippen LogP contribution in [0.15, 0.2) is 42.6 Å². The molecule has 3 nitrogen and oxygen atoms in total. The monoisotopic (exact) mass is 271 g/mol. The van der Waals surface area contributed by atoms with Gasteiger partial charge in [0, 0.05) is 36.1 Å². The first-order valence-corrected chi connectivity index (χ1v) is 6.62. The zero-order valence-corrected chi connectivity index (χ0v) is 11.7. The summed E-state index contributed by atoms with van der Waals surface area (Å²) in [5.41, 5.74) is 9.88. The molecule has 0 aliphatic carbocycles. The van der Waals surface area contributed by atoms with E-state index in [1.807, 2.05) is 49.5 Å². The van der Waals surface area contributed by atoms with Crippen LogP contribution in [0.1, 0.15) is 16.8 Å². The van der Waals surface area contributed by atoms with Gasteiger partial charge in [-0.1, -0.05) is 30.4 Å². The van der Waals surface area contributed by atoms with Gasteiger partial charge in [0.1, 0.15) is 4.99 Å². The maximum Gasteiger partial charge on any atom is 0.106 e. The Hall–Kier alpha value is -1.94. The Bertz CT molecular complexity index is 567. The zero-order chi connectivity index (χ0) is 13.7. The third kappa shape index (κ3) is 3.51. The summed E-state index contributed by atoms with van der Waals surface area (Å²) in [6.07, 6.45) is 2.68. The zero-order valence-electron chi connectivity index (χ0n) is 10.9. The van der Waals surface area contributed by atoms with Crippen molar-refractivity contribution in [1.29, 1.82) is 0 Å². The molecule has 0 fully saturated rings. The molecule has 19 heavy (non-hydrogen) atoms. The maximum atomic E-state index is 5.75. The summed E-state index contributed by atoms with van der Waals surface area (Å²) in [5.74, 6) is 0. The normalized spacial score (nSPS) is 10.2. The van der Waals surface area contributed by atoms with Crippen LogP contribution in [0.3, 0.4) is 0 Å². The van der Waals surface area contributed by atoms with Crippen molar-refractivity contribution in [2.75, 3.05) is 11.9 Å². The summed E-state index contributed by atoms with van der Waals surface area (Å²) >= 11 is 5.08. The summed E-state index contributed by atoms with van der Waals surface area (Å²) < 4.78 is 0. The summed E-state index contributed by atoms with van der Waals surface area (Å²) in [4.78, 5) is 4.72. The van der Waals surface area contributed by atoms with Crippen molar-refractivity contribution >= 4 is 22.9 Å². The van der Waals surface area contributed by atoms with Crippen molar-refractivity contribution in [1.82, 2.24) is 4.98 Å². The van der Waals surface area contributed by atoms with E-state index in [9.17, 15) is 0 Å². The quantitative estimate of drug-likeness (QED) is 0.821. The van der Waals surface area contributed by atoms with Gasteiger partial charge in [0.25, 0.3) is 0 Å². The predicted molar refractivity (Wildman–Crippen MR) is 83.5 cm³/mol. The van der Waals surface area contributed by atoms with E-state index in [4.69, 9.17) is 18.0 Å². The second kappa shape index (κ2) is 6.29. The van der Waals surface area contributed by atoms with Crippen LogP contribution in [0.4, 0.5) is 5.69 Å². The van der Waals surface area contributed by atoms with E-state index in [0.29, 0.717) is 4.99 Å². The lowest BCUT2D eigenvalue weighted by Gasteiger charge is -2.13. The fourth-order valence-corrected chi connectivity index (χ4v) is 2.14. The highest BCUT2D eigenvalue weighted by Gasteiger charge is 2.07. The lowest BCUT2D eigenvalue weighted by molar-refractivity contribution is 0.959. The number of anilines is 1. The Kier molecular flexibility index (Phi) is 4.47. The van der Waals surface area contributed by atoms with Crippen molar-refractivity contribution < 1.29 is 0 Å². The van der Waals surface area contributed by atoms with Crippen LogP contribution in [0.2, 0.25) is 0 Å². The molecule has 0 bridgehead atoms. The number of hydrogen-bond donors (Lipinski definition) is 2. The Labute approximate surface area is 118 Å². The van der Waals surface area contributed by atoms with Crippen molar-refractivity contribution in [2.24, 2.45) is 5.73 Å². The highest BCUT2D eigenvalue weighted by Crippen LogP contribution is 2.20. The van der Waals surface area contributed by atoms with E-state index in [-0.39, 0.29) is 0 Å². The number of aromatic nitrogens is 1. The van der Waals surface area contributed by atoms with E-state index < -0.39 is 0 Å². The van der Waals surface area contributed by atoms with Crippen LogP contribution in [-0.2, 0) is 6.42 Å². The molecule has 1 aromatic heterocycles. The average Bonchev–Trinajstić information content (AvgIpc) is 2.41. The van der Waals surface area contributed by atoms with Gasteiger partial charge in [-0.2, -0.15) is 0 Å². The predicted octanol–water partition coefficient (Wildman–Crippen LogP) is 2.68. The number of nitrogens with zero attached hydrogens (tertiary/aromatic N) is 1. The van der Waals surface area contributed by atoms with Crippen LogP contribution < -0.4 is 11.1 Å². The van der Waals surface area contributed by atoms with E-state index in [0.717, 1.165) is 35.5 Å². The van der Waals surface area contributed by atoms with Crippen LogP contribution in [-0.4, -0.2) is 16.5 Å². The number of benzene rings is 1. The largest absolute Gasteiger partial charge is 0.389 e. The molecule has 0 amide bonds. The van der Waals surface area contributed by atoms with E-state index in [2.05, 4.69) is 10.3 Å². The molecule has 98 valence electrons. The van der Waals surface area contributed by atoms with Crippen molar-refractivity contribution in [3.05, 3.63) is 59.4 Å². The van der Waals surface area contributed by atoms with E-state index in [1.54, 1.807) is 0 Å². The molecule has 3 N–H and O–H groups in total. The number of aryl methyl sites for hydroxylation is 1. The maximum absolute atomic E-state index is 5.75. The molecule has 0 aliphatic heterocycles. The van der Waals surface area contributed by atoms with E-state index >= 15 is 0 Å². The molecule has 0 atom stereocenters. The molecule has 1 aromatic carbocycles. The third-order valence-corrected chi connectivity index (χ3v) is 3.17. The standard InChI is InChI=1S/C15H17N3S/c1-11-5-4-7-13(15(16)19)14(11)18-10-8-12-6-2-3-9-17-12/h2-7,9,18H,8,10H2,1H3,(H2,16,19). The Balaban J connectivity index is 2.05. The highest BCUT2D eigenvalue weighted by molar-refractivity contribution is 7.80. The second-order valence-corrected chi connectivity index (χ2v) is 4.80. The van der Waals surface area contributed by atoms with Gasteiger partial charge in [-0.3, -0.25) is 4.98 Å². The molecule has 0 unspecified atom stereocenters. The second-order valence-electron chi connectivity index (χ2n) is 4.36. The van der Waals surface area contributed by atoms with Gasteiger partial charge in [0.15, 0.2) is 0 Å². The minimum atomic E-state index is 0.420. The minimum absolute atomic E-state index is 0.420. The van der Waals surface area contributed by atoms with E-state index in [1.165, 1.54) is 0 Å². The number of rotatable bonds is 5. The van der Waals surface area contributed by atoms with Gasteiger partial charge < -0.3 is 11.1 Å². The fourth-order valence-electron chi connectivity index (χ4n) is 1.97. The smallest absolute Gasteiger partial charge is 0.106 e. The molecule has 1 heterocycles. The lowest BCUT2D eigenvalue weighted by Crippen LogP contribution is -2.15.